The van der Waals surface area contributed by atoms with Crippen LogP contribution in [0.15, 0.2) is 53.4 Å². The fourth-order valence-electron chi connectivity index (χ4n) is 3.51. The molecule has 0 fully saturated rings. The minimum atomic E-state index is -1.10. The maximum Gasteiger partial charge on any atom is 0.183 e. The highest BCUT2D eigenvalue weighted by molar-refractivity contribution is 5.64. The molecule has 1 atom stereocenters. The Morgan fingerprint density at radius 3 is 2.66 bits per heavy atom. The van der Waals surface area contributed by atoms with Crippen LogP contribution in [0.3, 0.4) is 0 Å². The number of benzene rings is 1. The first-order valence-electron chi connectivity index (χ1n) is 10.9. The Balaban J connectivity index is 1.68. The minimum Gasteiger partial charge on any atom is -0.395 e. The summed E-state index contributed by atoms with van der Waals surface area (Å²) in [6.07, 6.45) is 3.06. The van der Waals surface area contributed by atoms with E-state index in [0.29, 0.717) is 28.9 Å². The van der Waals surface area contributed by atoms with Crippen LogP contribution >= 0.6 is 0 Å². The van der Waals surface area contributed by atoms with Crippen molar-refractivity contribution >= 4 is 12.1 Å². The largest absolute Gasteiger partial charge is 0.395 e. The van der Waals surface area contributed by atoms with Crippen LogP contribution in [0.1, 0.15) is 19.4 Å². The number of hydrogen-bond acceptors (Lipinski definition) is 8. The van der Waals surface area contributed by atoms with Crippen LogP contribution in [0.5, 0.6) is 0 Å². The van der Waals surface area contributed by atoms with E-state index in [1.807, 2.05) is 0 Å². The summed E-state index contributed by atoms with van der Waals surface area (Å²) in [4.78, 5) is 19.9. The second kappa shape index (κ2) is 10.1. The lowest BCUT2D eigenvalue weighted by Crippen LogP contribution is -2.40. The molecule has 9 nitrogen and oxygen atoms in total. The van der Waals surface area contributed by atoms with E-state index in [9.17, 15) is 18.7 Å². The molecule has 2 N–H and O–H groups in total. The molecule has 0 radical (unpaired) electrons. The summed E-state index contributed by atoms with van der Waals surface area (Å²) in [7, 11) is 0. The molecule has 3 aromatic heterocycles. The maximum absolute atomic E-state index is 14.5. The zero-order chi connectivity index (χ0) is 25.0. The third kappa shape index (κ3) is 4.94. The molecule has 0 unspecified atom stereocenters. The third-order valence-electron chi connectivity index (χ3n) is 6.00. The second-order valence-electron chi connectivity index (χ2n) is 8.46. The fourth-order valence-corrected chi connectivity index (χ4v) is 3.51. The molecule has 35 heavy (non-hydrogen) atoms. The molecule has 11 heteroatoms. The summed E-state index contributed by atoms with van der Waals surface area (Å²) in [6.45, 7) is 3.27. The van der Waals surface area contributed by atoms with Gasteiger partial charge < -0.3 is 19.7 Å². The van der Waals surface area contributed by atoms with Gasteiger partial charge in [0, 0.05) is 18.2 Å². The van der Waals surface area contributed by atoms with Gasteiger partial charge in [-0.3, -0.25) is 4.68 Å². The van der Waals surface area contributed by atoms with Crippen molar-refractivity contribution in [3.05, 3.63) is 66.1 Å². The van der Waals surface area contributed by atoms with Gasteiger partial charge in [0.1, 0.15) is 29.8 Å². The number of anilines is 1. The van der Waals surface area contributed by atoms with Crippen LogP contribution in [-0.2, 0) is 11.3 Å². The third-order valence-corrected chi connectivity index (χ3v) is 6.00. The van der Waals surface area contributed by atoms with E-state index >= 15 is 0 Å². The van der Waals surface area contributed by atoms with Gasteiger partial charge in [-0.1, -0.05) is 37.2 Å². The number of aliphatic hydroxyl groups is 1. The Bertz CT molecular complexity index is 1310. The molecule has 1 aromatic carbocycles. The Kier molecular flexibility index (Phi) is 6.97. The monoisotopic (exact) mass is 482 g/mol. The summed E-state index contributed by atoms with van der Waals surface area (Å²) in [6, 6.07) is 9.61. The van der Waals surface area contributed by atoms with E-state index in [-0.39, 0.29) is 36.5 Å². The first-order chi connectivity index (χ1) is 16.9. The molecule has 0 spiro atoms. The second-order valence-corrected chi connectivity index (χ2v) is 8.46. The normalized spacial score (nSPS) is 13.1. The first-order valence-corrected chi connectivity index (χ1v) is 10.9. The summed E-state index contributed by atoms with van der Waals surface area (Å²) < 4.78 is 35.2. The van der Waals surface area contributed by atoms with E-state index in [2.05, 4.69) is 25.5 Å². The number of nitrogens with one attached hydrogen (secondary N) is 1. The number of carbonyl (C=O) groups is 1. The first kappa shape index (κ1) is 24.1. The molecule has 0 aliphatic rings. The molecule has 0 bridgehead atoms. The van der Waals surface area contributed by atoms with Gasteiger partial charge in [0.2, 0.25) is 0 Å². The number of rotatable bonds is 10. The average molecular weight is 482 g/mol. The summed E-state index contributed by atoms with van der Waals surface area (Å²) in [5.41, 5.74) is 0.613. The van der Waals surface area contributed by atoms with Crippen LogP contribution in [0.2, 0.25) is 0 Å². The zero-order valence-electron chi connectivity index (χ0n) is 19.2. The summed E-state index contributed by atoms with van der Waals surface area (Å²) in [5.74, 6) is -1.33. The highest BCUT2D eigenvalue weighted by atomic mass is 19.1. The van der Waals surface area contributed by atoms with Gasteiger partial charge in [0.25, 0.3) is 0 Å². The van der Waals surface area contributed by atoms with Crippen LogP contribution in [0, 0.1) is 23.0 Å². The van der Waals surface area contributed by atoms with Crippen molar-refractivity contribution in [2.45, 2.75) is 20.4 Å². The molecule has 4 rings (SSSR count). The van der Waals surface area contributed by atoms with Crippen molar-refractivity contribution in [1.82, 2.24) is 24.9 Å². The van der Waals surface area contributed by atoms with Gasteiger partial charge in [0.15, 0.2) is 17.5 Å². The highest BCUT2D eigenvalue weighted by Gasteiger charge is 2.33. The Morgan fingerprint density at radius 1 is 1.20 bits per heavy atom. The highest BCUT2D eigenvalue weighted by Crippen LogP contribution is 2.28. The average Bonchev–Trinajstić information content (AvgIpc) is 3.52. The Morgan fingerprint density at radius 2 is 2.00 bits per heavy atom. The molecule has 0 aliphatic heterocycles. The quantitative estimate of drug-likeness (QED) is 0.329. The summed E-state index contributed by atoms with van der Waals surface area (Å²) in [5, 5.41) is 21.0. The molecular weight excluding hydrogens is 458 g/mol. The van der Waals surface area contributed by atoms with Crippen LogP contribution in [0.4, 0.5) is 14.6 Å². The van der Waals surface area contributed by atoms with Crippen molar-refractivity contribution in [3.8, 4) is 22.9 Å². The van der Waals surface area contributed by atoms with Crippen molar-refractivity contribution in [1.29, 1.82) is 0 Å². The van der Waals surface area contributed by atoms with Gasteiger partial charge in [0.05, 0.1) is 30.5 Å². The van der Waals surface area contributed by atoms with Gasteiger partial charge in [-0.05, 0) is 18.1 Å². The number of aliphatic hydroxyl groups excluding tert-OH is 1. The zero-order valence-corrected chi connectivity index (χ0v) is 19.2. The number of hydrogen-bond donors (Lipinski definition) is 2. The number of carbonyl (C=O) groups excluding carboxylic acids is 1. The van der Waals surface area contributed by atoms with E-state index in [0.717, 1.165) is 6.20 Å². The predicted octanol–water partition coefficient (Wildman–Crippen LogP) is 3.57. The van der Waals surface area contributed by atoms with E-state index in [1.165, 1.54) is 17.0 Å². The fraction of sp³-hybridized carbons (Fsp3) is 0.292. The molecular formula is C24H24F2N6O3. The topological polar surface area (TPSA) is 119 Å². The number of aldehydes is 1. The Hall–Kier alpha value is -3.99. The molecule has 0 saturated heterocycles. The van der Waals surface area contributed by atoms with Gasteiger partial charge in [-0.15, -0.1) is 0 Å². The number of nitrogens with zero attached hydrogens (tertiary/aromatic N) is 5. The molecule has 3 heterocycles. The Labute approximate surface area is 199 Å². The molecule has 0 aliphatic carbocycles. The van der Waals surface area contributed by atoms with E-state index in [1.54, 1.807) is 44.2 Å². The van der Waals surface area contributed by atoms with Crippen LogP contribution in [0.25, 0.3) is 22.9 Å². The van der Waals surface area contributed by atoms with Crippen molar-refractivity contribution in [2.24, 2.45) is 11.3 Å². The molecule has 182 valence electrons. The van der Waals surface area contributed by atoms with Gasteiger partial charge in [-0.2, -0.15) is 5.10 Å². The van der Waals surface area contributed by atoms with Crippen molar-refractivity contribution in [3.63, 3.8) is 0 Å². The molecule has 4 aromatic rings. The lowest BCUT2D eigenvalue weighted by Gasteiger charge is -2.30. The van der Waals surface area contributed by atoms with Crippen molar-refractivity contribution in [2.75, 3.05) is 18.5 Å². The lowest BCUT2D eigenvalue weighted by molar-refractivity contribution is -0.120. The standard InChI is InChI=1S/C24H24F2N6O3/c1-15(2)24(13-33,14-34)12-28-22-18(26)10-27-23(29-22)20-9-21(19-7-8-35-31-19)32(30-20)11-16-5-3-4-6-17(16)25/h3-10,13,15,34H,11-12,14H2,1-2H3,(H,27,28,29)/t24-/m0/s1. The number of aromatic nitrogens is 5. The lowest BCUT2D eigenvalue weighted by atomic mass is 9.79. The van der Waals surface area contributed by atoms with Gasteiger partial charge in [-0.25, -0.2) is 18.7 Å². The van der Waals surface area contributed by atoms with E-state index in [4.69, 9.17) is 4.52 Å². The van der Waals surface area contributed by atoms with Crippen LogP contribution in [-0.4, -0.2) is 49.4 Å². The maximum atomic E-state index is 14.5. The molecule has 0 saturated carbocycles. The van der Waals surface area contributed by atoms with Crippen LogP contribution < -0.4 is 5.32 Å². The van der Waals surface area contributed by atoms with Gasteiger partial charge >= 0.3 is 0 Å². The minimum absolute atomic E-state index is 0.0239. The smallest absolute Gasteiger partial charge is 0.183 e. The summed E-state index contributed by atoms with van der Waals surface area (Å²) >= 11 is 0. The number of halogens is 2. The SMILES string of the molecule is CC(C)[C@@](C=O)(CO)CNc1nc(-c2cc(-c3ccon3)n(Cc3ccccc3F)n2)ncc1F. The molecule has 0 amide bonds. The van der Waals surface area contributed by atoms with E-state index < -0.39 is 17.8 Å². The predicted molar refractivity (Wildman–Crippen MR) is 123 cm³/mol. The van der Waals surface area contributed by atoms with Crippen molar-refractivity contribution < 1.29 is 23.2 Å².